The van der Waals surface area contributed by atoms with Crippen molar-refractivity contribution in [3.63, 3.8) is 0 Å². The monoisotopic (exact) mass is 237 g/mol. The summed E-state index contributed by atoms with van der Waals surface area (Å²) in [4.78, 5) is 10.9. The molecule has 1 atom stereocenters. The number of carbonyl (C=O) groups is 1. The summed E-state index contributed by atoms with van der Waals surface area (Å²) in [7, 11) is -3.32. The van der Waals surface area contributed by atoms with Gasteiger partial charge in [-0.25, -0.2) is 13.1 Å². The highest BCUT2D eigenvalue weighted by molar-refractivity contribution is 7.89. The molecule has 0 aliphatic carbocycles. The van der Waals surface area contributed by atoms with Crippen LogP contribution in [0.15, 0.2) is 0 Å². The van der Waals surface area contributed by atoms with Gasteiger partial charge in [0, 0.05) is 6.54 Å². The predicted octanol–water partition coefficient (Wildman–Crippen LogP) is 0.817. The second kappa shape index (κ2) is 5.46. The van der Waals surface area contributed by atoms with E-state index in [1.807, 2.05) is 0 Å². The number of carboxylic acids is 1. The third kappa shape index (κ3) is 4.61. The van der Waals surface area contributed by atoms with Gasteiger partial charge in [-0.3, -0.25) is 4.79 Å². The van der Waals surface area contributed by atoms with E-state index in [0.717, 1.165) is 0 Å². The molecule has 15 heavy (non-hydrogen) atoms. The normalized spacial score (nSPS) is 15.9. The topological polar surface area (TPSA) is 83.5 Å². The summed E-state index contributed by atoms with van der Waals surface area (Å²) in [6.45, 7) is 4.96. The van der Waals surface area contributed by atoms with Crippen LogP contribution in [0.2, 0.25) is 0 Å². The molecular weight excluding hydrogens is 218 g/mol. The second-order valence-corrected chi connectivity index (χ2v) is 5.79. The number of sulfonamides is 1. The molecule has 0 fully saturated rings. The van der Waals surface area contributed by atoms with Gasteiger partial charge in [-0.1, -0.05) is 13.8 Å². The van der Waals surface area contributed by atoms with Crippen LogP contribution < -0.4 is 4.72 Å². The lowest BCUT2D eigenvalue weighted by Gasteiger charge is -2.23. The molecule has 0 aliphatic heterocycles. The van der Waals surface area contributed by atoms with E-state index in [1.165, 1.54) is 6.92 Å². The molecule has 90 valence electrons. The zero-order chi connectivity index (χ0) is 12.1. The van der Waals surface area contributed by atoms with Crippen LogP contribution in [-0.4, -0.2) is 31.8 Å². The summed E-state index contributed by atoms with van der Waals surface area (Å²) < 4.78 is 24.9. The highest BCUT2D eigenvalue weighted by Crippen LogP contribution is 2.20. The van der Waals surface area contributed by atoms with Crippen LogP contribution in [0.3, 0.4) is 0 Å². The van der Waals surface area contributed by atoms with Crippen molar-refractivity contribution in [1.29, 1.82) is 0 Å². The summed E-state index contributed by atoms with van der Waals surface area (Å²) in [5.41, 5.74) is -1.03. The van der Waals surface area contributed by atoms with Crippen molar-refractivity contribution in [2.45, 2.75) is 33.6 Å². The highest BCUT2D eigenvalue weighted by Gasteiger charge is 2.32. The average Bonchev–Trinajstić information content (AvgIpc) is 2.14. The molecule has 0 saturated heterocycles. The second-order valence-electron chi connectivity index (χ2n) is 3.86. The lowest BCUT2D eigenvalue weighted by atomic mass is 9.88. The van der Waals surface area contributed by atoms with Crippen molar-refractivity contribution in [3.8, 4) is 0 Å². The van der Waals surface area contributed by atoms with Gasteiger partial charge in [-0.15, -0.1) is 0 Å². The molecule has 0 aromatic carbocycles. The number of rotatable bonds is 7. The molecule has 0 heterocycles. The van der Waals surface area contributed by atoms with Gasteiger partial charge < -0.3 is 5.11 Å². The molecule has 0 saturated carbocycles. The summed E-state index contributed by atoms with van der Waals surface area (Å²) in [5, 5.41) is 8.92. The smallest absolute Gasteiger partial charge is 0.310 e. The molecule has 0 aromatic heterocycles. The Morgan fingerprint density at radius 2 is 1.93 bits per heavy atom. The third-order valence-corrected chi connectivity index (χ3v) is 3.98. The lowest BCUT2D eigenvalue weighted by molar-refractivity contribution is -0.147. The van der Waals surface area contributed by atoms with Crippen LogP contribution in [0.1, 0.15) is 33.6 Å². The van der Waals surface area contributed by atoms with E-state index in [0.29, 0.717) is 12.8 Å². The minimum Gasteiger partial charge on any atom is -0.481 e. The maximum atomic E-state index is 11.3. The van der Waals surface area contributed by atoms with E-state index in [1.54, 1.807) is 13.8 Å². The first-order chi connectivity index (χ1) is 6.77. The van der Waals surface area contributed by atoms with Crippen LogP contribution >= 0.6 is 0 Å². The summed E-state index contributed by atoms with van der Waals surface area (Å²) in [6.07, 6.45) is 0.905. The molecule has 0 aromatic rings. The molecule has 1 unspecified atom stereocenters. The van der Waals surface area contributed by atoms with Crippen molar-refractivity contribution in [2.24, 2.45) is 5.41 Å². The Morgan fingerprint density at radius 1 is 1.40 bits per heavy atom. The van der Waals surface area contributed by atoms with Gasteiger partial charge in [-0.2, -0.15) is 0 Å². The fraction of sp³-hybridized carbons (Fsp3) is 0.889. The Hall–Kier alpha value is -0.620. The van der Waals surface area contributed by atoms with E-state index >= 15 is 0 Å². The number of nitrogens with one attached hydrogen (secondary N) is 1. The average molecular weight is 237 g/mol. The van der Waals surface area contributed by atoms with Crippen LogP contribution in [0.25, 0.3) is 0 Å². The first kappa shape index (κ1) is 14.4. The van der Waals surface area contributed by atoms with Crippen LogP contribution in [-0.2, 0) is 14.8 Å². The lowest BCUT2D eigenvalue weighted by Crippen LogP contribution is -2.41. The molecule has 6 heteroatoms. The summed E-state index contributed by atoms with van der Waals surface area (Å²) in [5.74, 6) is -0.948. The van der Waals surface area contributed by atoms with Gasteiger partial charge in [0.15, 0.2) is 0 Å². The molecular formula is C9H19NO4S. The SMILES string of the molecule is CCCS(=O)(=O)NCC(C)(CC)C(=O)O. The minimum atomic E-state index is -3.32. The first-order valence-electron chi connectivity index (χ1n) is 4.98. The summed E-state index contributed by atoms with van der Waals surface area (Å²) in [6, 6.07) is 0. The number of hydrogen-bond donors (Lipinski definition) is 2. The quantitative estimate of drug-likeness (QED) is 0.686. The van der Waals surface area contributed by atoms with Gasteiger partial charge >= 0.3 is 5.97 Å². The standard InChI is InChI=1S/C9H19NO4S/c1-4-6-15(13,14)10-7-9(3,5-2)8(11)12/h10H,4-7H2,1-3H3,(H,11,12). The van der Waals surface area contributed by atoms with E-state index in [4.69, 9.17) is 5.11 Å². The molecule has 0 spiro atoms. The zero-order valence-corrected chi connectivity index (χ0v) is 10.2. The van der Waals surface area contributed by atoms with Gasteiger partial charge in [-0.05, 0) is 19.8 Å². The minimum absolute atomic E-state index is 0.0341. The zero-order valence-electron chi connectivity index (χ0n) is 9.41. The fourth-order valence-electron chi connectivity index (χ4n) is 0.962. The summed E-state index contributed by atoms with van der Waals surface area (Å²) >= 11 is 0. The van der Waals surface area contributed by atoms with Gasteiger partial charge in [0.25, 0.3) is 0 Å². The molecule has 2 N–H and O–H groups in total. The Balaban J connectivity index is 4.43. The van der Waals surface area contributed by atoms with E-state index in [2.05, 4.69) is 4.72 Å². The van der Waals surface area contributed by atoms with Crippen LogP contribution in [0.4, 0.5) is 0 Å². The largest absolute Gasteiger partial charge is 0.481 e. The van der Waals surface area contributed by atoms with Crippen LogP contribution in [0, 0.1) is 5.41 Å². The molecule has 0 radical (unpaired) electrons. The molecule has 0 aliphatic rings. The van der Waals surface area contributed by atoms with Crippen molar-refractivity contribution >= 4 is 16.0 Å². The molecule has 0 amide bonds. The first-order valence-corrected chi connectivity index (χ1v) is 6.63. The number of aliphatic carboxylic acids is 1. The van der Waals surface area contributed by atoms with Crippen LogP contribution in [0.5, 0.6) is 0 Å². The Kier molecular flexibility index (Phi) is 5.23. The third-order valence-electron chi connectivity index (χ3n) is 2.45. The Morgan fingerprint density at radius 3 is 2.27 bits per heavy atom. The Bertz CT molecular complexity index is 312. The number of carboxylic acid groups (broad SMARTS) is 1. The maximum absolute atomic E-state index is 11.3. The highest BCUT2D eigenvalue weighted by atomic mass is 32.2. The van der Waals surface area contributed by atoms with Gasteiger partial charge in [0.2, 0.25) is 10.0 Å². The van der Waals surface area contributed by atoms with E-state index in [9.17, 15) is 13.2 Å². The van der Waals surface area contributed by atoms with Gasteiger partial charge in [0.05, 0.1) is 11.2 Å². The molecule has 5 nitrogen and oxygen atoms in total. The number of hydrogen-bond acceptors (Lipinski definition) is 3. The molecule has 0 rings (SSSR count). The van der Waals surface area contributed by atoms with Crippen molar-refractivity contribution in [2.75, 3.05) is 12.3 Å². The van der Waals surface area contributed by atoms with Crippen molar-refractivity contribution < 1.29 is 18.3 Å². The van der Waals surface area contributed by atoms with Gasteiger partial charge in [0.1, 0.15) is 0 Å². The van der Waals surface area contributed by atoms with Crippen molar-refractivity contribution in [1.82, 2.24) is 4.72 Å². The van der Waals surface area contributed by atoms with Crippen molar-refractivity contribution in [3.05, 3.63) is 0 Å². The molecule has 0 bridgehead atoms. The Labute approximate surface area is 90.9 Å². The van der Waals surface area contributed by atoms with E-state index < -0.39 is 21.4 Å². The fourth-order valence-corrected chi connectivity index (χ4v) is 2.18. The van der Waals surface area contributed by atoms with E-state index in [-0.39, 0.29) is 12.3 Å². The predicted molar refractivity (Wildman–Crippen MR) is 58.1 cm³/mol. The maximum Gasteiger partial charge on any atom is 0.310 e.